The molecule has 3 unspecified atom stereocenters. The zero-order chi connectivity index (χ0) is 31.9. The van der Waals surface area contributed by atoms with Crippen LogP contribution in [0.5, 0.6) is 5.75 Å². The molecule has 5 aromatic rings. The van der Waals surface area contributed by atoms with Gasteiger partial charge in [-0.05, 0) is 47.4 Å². The first-order chi connectivity index (χ1) is 21.7. The number of amides is 3. The minimum atomic E-state index is -1.23. The summed E-state index contributed by atoms with van der Waals surface area (Å²) in [6, 6.07) is 17.9. The van der Waals surface area contributed by atoms with Crippen molar-refractivity contribution in [2.75, 3.05) is 6.54 Å². The van der Waals surface area contributed by atoms with E-state index in [9.17, 15) is 29.4 Å². The van der Waals surface area contributed by atoms with Gasteiger partial charge in [0.05, 0.1) is 12.6 Å². The van der Waals surface area contributed by atoms with E-state index in [4.69, 9.17) is 5.73 Å². The molecule has 0 bridgehead atoms. The molecular weight excluding hydrogens is 576 g/mol. The summed E-state index contributed by atoms with van der Waals surface area (Å²) in [5.74, 6) is -3.10. The number of benzene rings is 3. The largest absolute Gasteiger partial charge is 0.508 e. The maximum atomic E-state index is 13.3. The van der Waals surface area contributed by atoms with Crippen molar-refractivity contribution in [3.05, 3.63) is 102 Å². The maximum Gasteiger partial charge on any atom is 0.326 e. The lowest BCUT2D eigenvalue weighted by molar-refractivity contribution is -0.141. The number of hydrogen-bond acceptors (Lipinski definition) is 6. The molecule has 12 heteroatoms. The van der Waals surface area contributed by atoms with Crippen molar-refractivity contribution in [2.24, 2.45) is 5.73 Å². The average Bonchev–Trinajstić information content (AvgIpc) is 3.64. The summed E-state index contributed by atoms with van der Waals surface area (Å²) in [6.45, 7) is -0.514. The highest BCUT2D eigenvalue weighted by molar-refractivity contribution is 5.93. The number of carbonyl (C=O) groups excluding carboxylic acids is 3. The predicted molar refractivity (Wildman–Crippen MR) is 168 cm³/mol. The number of carboxylic acid groups (broad SMARTS) is 1. The Bertz CT molecular complexity index is 1830. The van der Waals surface area contributed by atoms with Crippen LogP contribution in [0.3, 0.4) is 0 Å². The lowest BCUT2D eigenvalue weighted by Crippen LogP contribution is -2.54. The Balaban J connectivity index is 1.22. The average molecular weight is 611 g/mol. The first-order valence-corrected chi connectivity index (χ1v) is 14.4. The Morgan fingerprint density at radius 3 is 1.89 bits per heavy atom. The van der Waals surface area contributed by atoms with Gasteiger partial charge >= 0.3 is 5.97 Å². The molecular formula is C33H34N6O6. The smallest absolute Gasteiger partial charge is 0.326 e. The number of carboxylic acids is 1. The van der Waals surface area contributed by atoms with Crippen LogP contribution in [0.4, 0.5) is 0 Å². The number of H-pyrrole nitrogens is 2. The third-order valence-electron chi connectivity index (χ3n) is 7.62. The molecule has 0 aliphatic carbocycles. The molecule has 9 N–H and O–H groups in total. The second-order valence-electron chi connectivity index (χ2n) is 10.8. The number of phenols is 1. The summed E-state index contributed by atoms with van der Waals surface area (Å²) in [5, 5.41) is 28.8. The molecule has 2 aromatic heterocycles. The molecule has 5 rings (SSSR count). The number of para-hydroxylation sites is 2. The van der Waals surface area contributed by atoms with E-state index in [0.29, 0.717) is 5.56 Å². The van der Waals surface area contributed by atoms with Gasteiger partial charge in [-0.25, -0.2) is 4.79 Å². The van der Waals surface area contributed by atoms with Gasteiger partial charge in [-0.15, -0.1) is 0 Å². The Morgan fingerprint density at radius 1 is 0.711 bits per heavy atom. The molecule has 0 aliphatic heterocycles. The number of aliphatic carboxylic acids is 1. The molecule has 3 aromatic carbocycles. The third kappa shape index (κ3) is 7.67. The third-order valence-corrected chi connectivity index (χ3v) is 7.62. The van der Waals surface area contributed by atoms with Crippen LogP contribution >= 0.6 is 0 Å². The molecule has 0 radical (unpaired) electrons. The SMILES string of the molecule is NC(Cc1c[nH]c2ccccc12)C(=O)NC(Cc1ccc(O)cc1)C(=O)NCC(=O)NC(Cc1c[nH]c2ccccc12)C(=O)O. The van der Waals surface area contributed by atoms with E-state index in [1.165, 1.54) is 12.1 Å². The fourth-order valence-corrected chi connectivity index (χ4v) is 5.24. The van der Waals surface area contributed by atoms with Crippen LogP contribution in [0.25, 0.3) is 21.8 Å². The van der Waals surface area contributed by atoms with Crippen LogP contribution in [0.1, 0.15) is 16.7 Å². The van der Waals surface area contributed by atoms with Gasteiger partial charge in [-0.2, -0.15) is 0 Å². The van der Waals surface area contributed by atoms with Gasteiger partial charge in [0.1, 0.15) is 17.8 Å². The van der Waals surface area contributed by atoms with Crippen molar-refractivity contribution in [1.82, 2.24) is 25.9 Å². The van der Waals surface area contributed by atoms with Crippen LogP contribution in [0, 0.1) is 0 Å². The zero-order valence-electron chi connectivity index (χ0n) is 24.2. The molecule has 232 valence electrons. The molecule has 0 aliphatic rings. The standard InChI is InChI=1S/C33H34N6O6/c34-25(14-20-16-35-26-7-3-1-5-23(20)26)31(42)39-28(13-19-9-11-22(40)12-10-19)32(43)37-18-30(41)38-29(33(44)45)15-21-17-36-27-8-4-2-6-24(21)27/h1-12,16-17,25,28-29,35-36,40H,13-15,18,34H2,(H,37,43)(H,38,41)(H,39,42)(H,44,45). The Hall–Kier alpha value is -5.62. The van der Waals surface area contributed by atoms with Crippen molar-refractivity contribution in [3.63, 3.8) is 0 Å². The fraction of sp³-hybridized carbons (Fsp3) is 0.212. The van der Waals surface area contributed by atoms with E-state index < -0.39 is 48.4 Å². The van der Waals surface area contributed by atoms with Crippen LogP contribution in [-0.4, -0.2) is 68.5 Å². The summed E-state index contributed by atoms with van der Waals surface area (Å²) in [6.07, 6.45) is 3.80. The number of phenolic OH excluding ortho intramolecular Hbond substituents is 1. The van der Waals surface area contributed by atoms with Crippen molar-refractivity contribution in [3.8, 4) is 5.75 Å². The Kier molecular flexibility index (Phi) is 9.44. The highest BCUT2D eigenvalue weighted by Gasteiger charge is 2.27. The molecule has 2 heterocycles. The van der Waals surface area contributed by atoms with Crippen molar-refractivity contribution in [2.45, 2.75) is 37.4 Å². The van der Waals surface area contributed by atoms with Crippen molar-refractivity contribution < 1.29 is 29.4 Å². The highest BCUT2D eigenvalue weighted by atomic mass is 16.4. The lowest BCUT2D eigenvalue weighted by Gasteiger charge is -2.21. The number of hydrogen-bond donors (Lipinski definition) is 8. The Labute approximate surface area is 258 Å². The zero-order valence-corrected chi connectivity index (χ0v) is 24.2. The van der Waals surface area contributed by atoms with Gasteiger partial charge in [0.25, 0.3) is 0 Å². The van der Waals surface area contributed by atoms with Gasteiger partial charge in [-0.3, -0.25) is 14.4 Å². The maximum absolute atomic E-state index is 13.3. The van der Waals surface area contributed by atoms with Gasteiger partial charge < -0.3 is 41.9 Å². The van der Waals surface area contributed by atoms with E-state index in [1.54, 1.807) is 24.5 Å². The summed E-state index contributed by atoms with van der Waals surface area (Å²) >= 11 is 0. The number of carbonyl (C=O) groups is 4. The topological polar surface area (TPSA) is 202 Å². The van der Waals surface area contributed by atoms with E-state index in [1.807, 2.05) is 48.5 Å². The minimum Gasteiger partial charge on any atom is -0.508 e. The first kappa shape index (κ1) is 30.8. The molecule has 0 saturated heterocycles. The van der Waals surface area contributed by atoms with Crippen molar-refractivity contribution >= 4 is 45.5 Å². The van der Waals surface area contributed by atoms with Crippen molar-refractivity contribution in [1.29, 1.82) is 0 Å². The summed E-state index contributed by atoms with van der Waals surface area (Å²) in [5.41, 5.74) is 10.2. The highest BCUT2D eigenvalue weighted by Crippen LogP contribution is 2.20. The minimum absolute atomic E-state index is 0.0346. The second kappa shape index (κ2) is 13.8. The van der Waals surface area contributed by atoms with Crippen LogP contribution in [0.2, 0.25) is 0 Å². The number of aromatic nitrogens is 2. The number of nitrogens with one attached hydrogen (secondary N) is 5. The first-order valence-electron chi connectivity index (χ1n) is 14.4. The van der Waals surface area contributed by atoms with E-state index in [-0.39, 0.29) is 25.0 Å². The molecule has 45 heavy (non-hydrogen) atoms. The van der Waals surface area contributed by atoms with Crippen LogP contribution < -0.4 is 21.7 Å². The van der Waals surface area contributed by atoms with Gasteiger partial charge in [0, 0.05) is 47.0 Å². The van der Waals surface area contributed by atoms with Gasteiger partial charge in [0.2, 0.25) is 17.7 Å². The second-order valence-corrected chi connectivity index (χ2v) is 10.8. The van der Waals surface area contributed by atoms with Gasteiger partial charge in [0.15, 0.2) is 0 Å². The summed E-state index contributed by atoms with van der Waals surface area (Å²) in [4.78, 5) is 57.4. The predicted octanol–water partition coefficient (Wildman–Crippen LogP) is 1.88. The van der Waals surface area contributed by atoms with Gasteiger partial charge in [-0.1, -0.05) is 48.5 Å². The summed E-state index contributed by atoms with van der Waals surface area (Å²) in [7, 11) is 0. The van der Waals surface area contributed by atoms with E-state index >= 15 is 0 Å². The molecule has 3 atom stereocenters. The van der Waals surface area contributed by atoms with E-state index in [2.05, 4.69) is 25.9 Å². The number of aromatic amines is 2. The summed E-state index contributed by atoms with van der Waals surface area (Å²) < 4.78 is 0. The number of aromatic hydroxyl groups is 1. The van der Waals surface area contributed by atoms with E-state index in [0.717, 1.165) is 32.9 Å². The van der Waals surface area contributed by atoms with Crippen LogP contribution in [0.15, 0.2) is 85.2 Å². The lowest BCUT2D eigenvalue weighted by atomic mass is 10.0. The van der Waals surface area contributed by atoms with Crippen LogP contribution in [-0.2, 0) is 38.4 Å². The normalized spacial score (nSPS) is 13.2. The fourth-order valence-electron chi connectivity index (χ4n) is 5.24. The monoisotopic (exact) mass is 610 g/mol. The number of nitrogens with two attached hydrogens (primary N) is 1. The molecule has 12 nitrogen and oxygen atoms in total. The molecule has 0 saturated carbocycles. The Morgan fingerprint density at radius 2 is 1.29 bits per heavy atom. The number of fused-ring (bicyclic) bond motifs is 2. The number of rotatable bonds is 13. The molecule has 3 amide bonds. The quantitative estimate of drug-likeness (QED) is 0.0994. The molecule has 0 fully saturated rings. The molecule has 0 spiro atoms.